The Bertz CT molecular complexity index is 3400. The van der Waals surface area contributed by atoms with E-state index in [4.69, 9.17) is 18.8 Å². The van der Waals surface area contributed by atoms with Crippen molar-refractivity contribution in [2.24, 2.45) is 5.92 Å². The number of aromatic nitrogens is 2. The van der Waals surface area contributed by atoms with Gasteiger partial charge in [0.1, 0.15) is 16.6 Å². The van der Waals surface area contributed by atoms with E-state index in [1.165, 1.54) is 92.9 Å². The molecule has 3 heterocycles. The lowest BCUT2D eigenvalue weighted by molar-refractivity contribution is 0.241. The molecule has 8 aromatic rings. The molecule has 2 fully saturated rings. The molecule has 0 saturated heterocycles. The highest BCUT2D eigenvalue weighted by Crippen LogP contribution is 2.63. The summed E-state index contributed by atoms with van der Waals surface area (Å²) in [5.74, 6) is 1.23. The summed E-state index contributed by atoms with van der Waals surface area (Å²) in [5.41, 5.74) is 19.8. The molecule has 14 rings (SSSR count). The molecule has 1 atom stereocenters. The van der Waals surface area contributed by atoms with E-state index < -0.39 is 0 Å². The number of benzene rings is 5. The van der Waals surface area contributed by atoms with Crippen molar-refractivity contribution in [2.45, 2.75) is 94.3 Å². The highest BCUT2D eigenvalue weighted by molar-refractivity contribution is 6.10. The van der Waals surface area contributed by atoms with Crippen LogP contribution >= 0.6 is 0 Å². The second kappa shape index (κ2) is 13.1. The monoisotopic (exact) mass is 804 g/mol. The molecule has 0 bridgehead atoms. The summed E-state index contributed by atoms with van der Waals surface area (Å²) >= 11 is 0. The second-order valence-corrected chi connectivity index (χ2v) is 19.2. The number of furan rings is 2. The molecular weight excluding hydrogens is 757 g/mol. The van der Waals surface area contributed by atoms with Gasteiger partial charge in [-0.3, -0.25) is 0 Å². The Morgan fingerprint density at radius 3 is 2.26 bits per heavy atom. The molecule has 6 aliphatic carbocycles. The quantitative estimate of drug-likeness (QED) is 0.178. The van der Waals surface area contributed by atoms with E-state index in [0.29, 0.717) is 17.5 Å². The smallest absolute Gasteiger partial charge is 0.231 e. The minimum atomic E-state index is 0.109. The summed E-state index contributed by atoms with van der Waals surface area (Å²) in [5, 5.41) is 4.24. The molecule has 2 spiro atoms. The van der Waals surface area contributed by atoms with Gasteiger partial charge in [0, 0.05) is 32.4 Å². The number of hydrogen-bond acceptors (Lipinski definition) is 4. The first kappa shape index (κ1) is 35.3. The molecule has 0 radical (unpaired) electrons. The van der Waals surface area contributed by atoms with Crippen LogP contribution in [-0.2, 0) is 10.8 Å². The SMILES string of the molecule is C1=CCC2C(=C1)c1cc3c(cc1C21CCCCC1)-c1cc(-c2ccc4oc5c(-c6nc(-c7ccccc7)c7c8c(oc7n6)=CCCC=8)cccc5c4c2)ccc1C31CCCCC1. The molecular formula is C58H48N2O2. The first-order valence-corrected chi connectivity index (χ1v) is 23.4. The fourth-order valence-corrected chi connectivity index (χ4v) is 13.4. The van der Waals surface area contributed by atoms with Crippen LogP contribution in [0.15, 0.2) is 124 Å². The largest absolute Gasteiger partial charge is 0.455 e. The molecule has 4 nitrogen and oxygen atoms in total. The third-order valence-corrected chi connectivity index (χ3v) is 16.2. The maximum atomic E-state index is 6.77. The Morgan fingerprint density at radius 1 is 0.581 bits per heavy atom. The van der Waals surface area contributed by atoms with Crippen LogP contribution in [0.1, 0.15) is 106 Å². The predicted molar refractivity (Wildman–Crippen MR) is 252 cm³/mol. The average Bonchev–Trinajstić information content (AvgIpc) is 4.05. The topological polar surface area (TPSA) is 52.1 Å². The third-order valence-electron chi connectivity index (χ3n) is 16.2. The molecule has 1 unspecified atom stereocenters. The van der Waals surface area contributed by atoms with Crippen LogP contribution in [-0.4, -0.2) is 9.97 Å². The molecule has 0 N–H and O–H groups in total. The number of para-hydroxylation sites is 1. The minimum Gasteiger partial charge on any atom is -0.455 e. The summed E-state index contributed by atoms with van der Waals surface area (Å²) in [6.07, 6.45) is 28.0. The van der Waals surface area contributed by atoms with Crippen LogP contribution in [0.5, 0.6) is 0 Å². The second-order valence-electron chi connectivity index (χ2n) is 19.2. The lowest BCUT2D eigenvalue weighted by Crippen LogP contribution is -2.34. The number of nitrogens with zero attached hydrogens (tertiary/aromatic N) is 2. The Morgan fingerprint density at radius 2 is 1.37 bits per heavy atom. The average molecular weight is 805 g/mol. The zero-order valence-corrected chi connectivity index (χ0v) is 35.1. The molecule has 5 aromatic carbocycles. The van der Waals surface area contributed by atoms with Gasteiger partial charge in [-0.15, -0.1) is 0 Å². The maximum Gasteiger partial charge on any atom is 0.231 e. The van der Waals surface area contributed by atoms with E-state index in [1.54, 1.807) is 27.8 Å². The molecule has 4 heteroatoms. The summed E-state index contributed by atoms with van der Waals surface area (Å²) in [6, 6.07) is 36.4. The van der Waals surface area contributed by atoms with Crippen molar-refractivity contribution in [3.63, 3.8) is 0 Å². The van der Waals surface area contributed by atoms with Gasteiger partial charge in [-0.1, -0.05) is 123 Å². The highest BCUT2D eigenvalue weighted by Gasteiger charge is 2.52. The van der Waals surface area contributed by atoms with Crippen LogP contribution < -0.4 is 10.6 Å². The van der Waals surface area contributed by atoms with E-state index in [9.17, 15) is 0 Å². The zero-order chi connectivity index (χ0) is 40.6. The molecule has 62 heavy (non-hydrogen) atoms. The van der Waals surface area contributed by atoms with E-state index in [1.807, 2.05) is 6.07 Å². The number of fused-ring (bicyclic) bond motifs is 16. The van der Waals surface area contributed by atoms with E-state index in [0.717, 1.165) is 67.6 Å². The van der Waals surface area contributed by atoms with Gasteiger partial charge in [0.05, 0.1) is 16.6 Å². The lowest BCUT2D eigenvalue weighted by Gasteiger charge is -2.40. The highest BCUT2D eigenvalue weighted by atomic mass is 16.3. The van der Waals surface area contributed by atoms with E-state index in [2.05, 4.69) is 121 Å². The summed E-state index contributed by atoms with van der Waals surface area (Å²) < 4.78 is 13.2. The zero-order valence-electron chi connectivity index (χ0n) is 35.1. The number of allylic oxidation sites excluding steroid dienone is 4. The standard InChI is InChI=1S/C58H48N2O2/c1-4-15-35(16-5-1)53-52-40-18-7-9-22-50(40)62-56(52)60-55(59-53)41-20-14-19-39-45-32-37(24-26-51(45)61-54(39)41)36-23-25-47-42(31-36)44-34-48-43(33-49(44)58(47)29-12-3-13-30-58)38-17-6-8-21-46(38)57(48)27-10-2-11-28-57/h1,4-6,8,14-20,22-26,31-34,46H,2-3,7,9-13,21,27-30H2. The molecule has 3 aromatic heterocycles. The minimum absolute atomic E-state index is 0.109. The van der Waals surface area contributed by atoms with Gasteiger partial charge < -0.3 is 8.83 Å². The maximum absolute atomic E-state index is 6.77. The van der Waals surface area contributed by atoms with Gasteiger partial charge >= 0.3 is 0 Å². The first-order chi connectivity index (χ1) is 30.7. The van der Waals surface area contributed by atoms with Crippen molar-refractivity contribution in [3.05, 3.63) is 148 Å². The Hall–Kier alpha value is -6.26. The van der Waals surface area contributed by atoms with Crippen molar-refractivity contribution in [1.82, 2.24) is 9.97 Å². The van der Waals surface area contributed by atoms with Crippen molar-refractivity contribution in [3.8, 4) is 44.9 Å². The van der Waals surface area contributed by atoms with Gasteiger partial charge in [-0.05, 0) is 143 Å². The number of hydrogen-bond donors (Lipinski definition) is 0. The third kappa shape index (κ3) is 4.84. The molecule has 0 aliphatic heterocycles. The molecule has 6 aliphatic rings. The van der Waals surface area contributed by atoms with E-state index >= 15 is 0 Å². The van der Waals surface area contributed by atoms with Crippen LogP contribution in [0.4, 0.5) is 0 Å². The fraction of sp³-hybridized carbons (Fsp3) is 0.276. The number of rotatable bonds is 3. The van der Waals surface area contributed by atoms with Gasteiger partial charge in [0.2, 0.25) is 5.71 Å². The van der Waals surface area contributed by atoms with Crippen LogP contribution in [0, 0.1) is 5.92 Å². The van der Waals surface area contributed by atoms with Crippen LogP contribution in [0.3, 0.4) is 0 Å². The normalized spacial score (nSPS) is 20.1. The van der Waals surface area contributed by atoms with Gasteiger partial charge in [0.15, 0.2) is 5.82 Å². The Kier molecular flexibility index (Phi) is 7.48. The van der Waals surface area contributed by atoms with Gasteiger partial charge in [-0.2, -0.15) is 4.98 Å². The van der Waals surface area contributed by atoms with Gasteiger partial charge in [-0.25, -0.2) is 4.98 Å². The van der Waals surface area contributed by atoms with Gasteiger partial charge in [0.25, 0.3) is 0 Å². The van der Waals surface area contributed by atoms with Crippen molar-refractivity contribution < 1.29 is 8.83 Å². The van der Waals surface area contributed by atoms with E-state index in [-0.39, 0.29) is 10.8 Å². The molecule has 302 valence electrons. The van der Waals surface area contributed by atoms with Crippen LogP contribution in [0.2, 0.25) is 0 Å². The van der Waals surface area contributed by atoms with Crippen molar-refractivity contribution in [1.29, 1.82) is 0 Å². The summed E-state index contributed by atoms with van der Waals surface area (Å²) in [6.45, 7) is 0. The fourth-order valence-electron chi connectivity index (χ4n) is 13.4. The first-order valence-electron chi connectivity index (χ1n) is 23.4. The van der Waals surface area contributed by atoms with Crippen molar-refractivity contribution in [2.75, 3.05) is 0 Å². The van der Waals surface area contributed by atoms with Crippen molar-refractivity contribution >= 4 is 50.8 Å². The van der Waals surface area contributed by atoms with Crippen LogP contribution in [0.25, 0.3) is 95.7 Å². The Labute approximate surface area is 361 Å². The molecule has 0 amide bonds. The predicted octanol–water partition coefficient (Wildman–Crippen LogP) is 13.9. The summed E-state index contributed by atoms with van der Waals surface area (Å²) in [4.78, 5) is 10.4. The molecule has 2 saturated carbocycles. The lowest BCUT2D eigenvalue weighted by atomic mass is 9.63. The summed E-state index contributed by atoms with van der Waals surface area (Å²) in [7, 11) is 0. The Balaban J connectivity index is 0.913.